The second-order valence-electron chi connectivity index (χ2n) is 6.34. The van der Waals surface area contributed by atoms with Gasteiger partial charge >= 0.3 is 5.97 Å². The number of carbonyl (C=O) groups is 1. The molecule has 0 radical (unpaired) electrons. The predicted octanol–water partition coefficient (Wildman–Crippen LogP) is 1.65. The maximum atomic E-state index is 14.2. The van der Waals surface area contributed by atoms with Gasteiger partial charge in [0.15, 0.2) is 5.82 Å². The van der Waals surface area contributed by atoms with Crippen molar-refractivity contribution in [2.24, 2.45) is 0 Å². The molecule has 3 N–H and O–H groups in total. The van der Waals surface area contributed by atoms with Gasteiger partial charge in [-0.05, 0) is 23.8 Å². The largest absolute Gasteiger partial charge is 0.478 e. The van der Waals surface area contributed by atoms with Crippen LogP contribution in [0.4, 0.5) is 10.2 Å². The van der Waals surface area contributed by atoms with E-state index in [1.807, 2.05) is 6.07 Å². The quantitative estimate of drug-likeness (QED) is 0.718. The van der Waals surface area contributed by atoms with E-state index in [1.165, 1.54) is 18.5 Å². The molecule has 2 aromatic heterocycles. The summed E-state index contributed by atoms with van der Waals surface area (Å²) < 4.78 is 21.3. The summed E-state index contributed by atoms with van der Waals surface area (Å²) in [7, 11) is 0. The van der Waals surface area contributed by atoms with Crippen LogP contribution in [0.2, 0.25) is 0 Å². The van der Waals surface area contributed by atoms with Crippen molar-refractivity contribution in [3.63, 3.8) is 0 Å². The van der Waals surface area contributed by atoms with Crippen LogP contribution in [0.3, 0.4) is 0 Å². The van der Waals surface area contributed by atoms with E-state index in [2.05, 4.69) is 15.0 Å². The second-order valence-corrected chi connectivity index (χ2v) is 6.34. The number of aromatic carboxylic acids is 1. The Balaban J connectivity index is 1.81. The minimum atomic E-state index is -1.31. The summed E-state index contributed by atoms with van der Waals surface area (Å²) in [5, 5.41) is 13.3. The molecule has 1 aliphatic heterocycles. The molecular formula is C18H18FN5O3. The van der Waals surface area contributed by atoms with E-state index >= 15 is 0 Å². The van der Waals surface area contributed by atoms with Crippen molar-refractivity contribution in [1.29, 1.82) is 0 Å². The third kappa shape index (κ3) is 3.22. The van der Waals surface area contributed by atoms with E-state index in [1.54, 1.807) is 10.6 Å². The molecule has 8 nitrogen and oxygen atoms in total. The number of aromatic nitrogens is 3. The minimum absolute atomic E-state index is 0.274. The summed E-state index contributed by atoms with van der Waals surface area (Å²) in [6, 6.07) is 5.90. The smallest absolute Gasteiger partial charge is 0.338 e. The Hall–Kier alpha value is -3.04. The van der Waals surface area contributed by atoms with Gasteiger partial charge in [-0.3, -0.25) is 4.90 Å². The van der Waals surface area contributed by atoms with E-state index in [0.717, 1.165) is 18.8 Å². The van der Waals surface area contributed by atoms with Gasteiger partial charge in [0.25, 0.3) is 0 Å². The molecule has 3 heterocycles. The number of carboxylic acid groups (broad SMARTS) is 1. The Morgan fingerprint density at radius 2 is 2.07 bits per heavy atom. The molecule has 0 atom stereocenters. The molecule has 0 aliphatic carbocycles. The zero-order valence-electron chi connectivity index (χ0n) is 14.4. The van der Waals surface area contributed by atoms with Crippen molar-refractivity contribution < 1.29 is 19.0 Å². The molecule has 0 unspecified atom stereocenters. The van der Waals surface area contributed by atoms with Crippen LogP contribution in [0.25, 0.3) is 16.6 Å². The highest BCUT2D eigenvalue weighted by atomic mass is 19.1. The number of nitrogens with two attached hydrogens (primary N) is 1. The fraction of sp³-hybridized carbons (Fsp3) is 0.278. The maximum absolute atomic E-state index is 14.2. The SMILES string of the molecule is Nc1ncnn2c(CN3CCOCC3)cc(-c3ccc(C(=O)O)c(F)c3)c12. The molecule has 27 heavy (non-hydrogen) atoms. The van der Waals surface area contributed by atoms with Crippen LogP contribution in [-0.2, 0) is 11.3 Å². The normalized spacial score (nSPS) is 15.3. The van der Waals surface area contributed by atoms with Crippen molar-refractivity contribution >= 4 is 17.3 Å². The first kappa shape index (κ1) is 17.4. The number of hydrogen-bond donors (Lipinski definition) is 2. The lowest BCUT2D eigenvalue weighted by molar-refractivity contribution is 0.0334. The Morgan fingerprint density at radius 1 is 1.30 bits per heavy atom. The molecule has 0 saturated carbocycles. The van der Waals surface area contributed by atoms with E-state index in [-0.39, 0.29) is 11.4 Å². The average molecular weight is 371 g/mol. The number of hydrogen-bond acceptors (Lipinski definition) is 6. The van der Waals surface area contributed by atoms with Crippen LogP contribution >= 0.6 is 0 Å². The minimum Gasteiger partial charge on any atom is -0.478 e. The summed E-state index contributed by atoms with van der Waals surface area (Å²) in [5.41, 5.74) is 8.33. The maximum Gasteiger partial charge on any atom is 0.338 e. The van der Waals surface area contributed by atoms with E-state index < -0.39 is 11.8 Å². The second kappa shape index (κ2) is 6.93. The van der Waals surface area contributed by atoms with Gasteiger partial charge in [0.1, 0.15) is 17.7 Å². The van der Waals surface area contributed by atoms with Gasteiger partial charge in [-0.1, -0.05) is 6.07 Å². The van der Waals surface area contributed by atoms with Crippen molar-refractivity contribution in [1.82, 2.24) is 19.5 Å². The van der Waals surface area contributed by atoms with Crippen LogP contribution < -0.4 is 5.73 Å². The van der Waals surface area contributed by atoms with Crippen LogP contribution in [0, 0.1) is 5.82 Å². The number of ether oxygens (including phenoxy) is 1. The summed E-state index contributed by atoms with van der Waals surface area (Å²) >= 11 is 0. The monoisotopic (exact) mass is 371 g/mol. The molecule has 1 aromatic carbocycles. The Bertz CT molecular complexity index is 1010. The number of halogens is 1. The summed E-state index contributed by atoms with van der Waals surface area (Å²) in [4.78, 5) is 17.3. The summed E-state index contributed by atoms with van der Waals surface area (Å²) in [6.45, 7) is 3.61. The standard InChI is InChI=1S/C18H18FN5O3/c19-15-7-11(1-2-13(15)18(25)26)14-8-12(9-23-3-5-27-6-4-23)24-16(14)17(20)21-10-22-24/h1-2,7-8,10H,3-6,9H2,(H,25,26)(H2,20,21,22). The lowest BCUT2D eigenvalue weighted by atomic mass is 10.0. The van der Waals surface area contributed by atoms with Gasteiger partial charge in [0.05, 0.1) is 24.5 Å². The first-order chi connectivity index (χ1) is 13.0. The number of nitrogens with zero attached hydrogens (tertiary/aromatic N) is 4. The lowest BCUT2D eigenvalue weighted by Gasteiger charge is -2.26. The van der Waals surface area contributed by atoms with Gasteiger partial charge in [-0.2, -0.15) is 5.10 Å². The van der Waals surface area contributed by atoms with Gasteiger partial charge in [0, 0.05) is 25.2 Å². The van der Waals surface area contributed by atoms with Crippen LogP contribution in [0.5, 0.6) is 0 Å². The topological polar surface area (TPSA) is 106 Å². The fourth-order valence-electron chi connectivity index (χ4n) is 3.31. The zero-order valence-corrected chi connectivity index (χ0v) is 14.4. The molecule has 0 amide bonds. The van der Waals surface area contributed by atoms with E-state index in [0.29, 0.717) is 36.4 Å². The zero-order chi connectivity index (χ0) is 19.0. The molecule has 9 heteroatoms. The van der Waals surface area contributed by atoms with Gasteiger partial charge in [-0.15, -0.1) is 0 Å². The third-order valence-electron chi connectivity index (χ3n) is 4.66. The van der Waals surface area contributed by atoms with Crippen LogP contribution in [0.1, 0.15) is 16.1 Å². The molecule has 4 rings (SSSR count). The molecule has 0 spiro atoms. The highest BCUT2D eigenvalue weighted by molar-refractivity contribution is 5.91. The number of benzene rings is 1. The Kier molecular flexibility index (Phi) is 4.46. The van der Waals surface area contributed by atoms with Crippen molar-refractivity contribution in [3.8, 4) is 11.1 Å². The molecule has 1 aliphatic rings. The number of fused-ring (bicyclic) bond motifs is 1. The molecule has 3 aromatic rings. The highest BCUT2D eigenvalue weighted by Crippen LogP contribution is 2.32. The molecular weight excluding hydrogens is 353 g/mol. The first-order valence-corrected chi connectivity index (χ1v) is 8.49. The van der Waals surface area contributed by atoms with E-state index in [9.17, 15) is 9.18 Å². The van der Waals surface area contributed by atoms with Gasteiger partial charge in [0.2, 0.25) is 0 Å². The molecule has 0 bridgehead atoms. The van der Waals surface area contributed by atoms with E-state index in [4.69, 9.17) is 15.6 Å². The van der Waals surface area contributed by atoms with Crippen molar-refractivity contribution in [2.45, 2.75) is 6.54 Å². The summed E-state index contributed by atoms with van der Waals surface area (Å²) in [5.74, 6) is -1.84. The number of morpholine rings is 1. The number of nitrogen functional groups attached to an aromatic ring is 1. The van der Waals surface area contributed by atoms with Crippen molar-refractivity contribution in [3.05, 3.63) is 47.7 Å². The number of anilines is 1. The molecule has 1 saturated heterocycles. The van der Waals surface area contributed by atoms with Gasteiger partial charge < -0.3 is 15.6 Å². The lowest BCUT2D eigenvalue weighted by Crippen LogP contribution is -2.36. The predicted molar refractivity (Wildman–Crippen MR) is 95.8 cm³/mol. The molecule has 140 valence electrons. The van der Waals surface area contributed by atoms with Crippen molar-refractivity contribution in [2.75, 3.05) is 32.0 Å². The Labute approximate surface area is 154 Å². The Morgan fingerprint density at radius 3 is 2.78 bits per heavy atom. The van der Waals surface area contributed by atoms with Crippen LogP contribution in [0.15, 0.2) is 30.6 Å². The van der Waals surface area contributed by atoms with Crippen LogP contribution in [-0.4, -0.2) is 56.9 Å². The summed E-state index contributed by atoms with van der Waals surface area (Å²) in [6.07, 6.45) is 1.38. The third-order valence-corrected chi connectivity index (χ3v) is 4.66. The molecule has 1 fully saturated rings. The average Bonchev–Trinajstić information content (AvgIpc) is 3.02. The number of carboxylic acids is 1. The highest BCUT2D eigenvalue weighted by Gasteiger charge is 2.20. The number of rotatable bonds is 4. The fourth-order valence-corrected chi connectivity index (χ4v) is 3.31. The van der Waals surface area contributed by atoms with Gasteiger partial charge in [-0.25, -0.2) is 18.7 Å². The first-order valence-electron chi connectivity index (χ1n) is 8.49.